The molecule has 0 spiro atoms. The van der Waals surface area contributed by atoms with Crippen molar-refractivity contribution < 1.29 is 19.1 Å². The zero-order chi connectivity index (χ0) is 70.4. The molecule has 0 unspecified atom stereocenters. The molecule has 2 amide bonds. The number of ether oxygens (including phenoxy) is 2. The number of rotatable bonds is 13. The molecule has 5 aromatic heterocycles. The van der Waals surface area contributed by atoms with Crippen LogP contribution in [0.5, 0.6) is 0 Å². The lowest BCUT2D eigenvalue weighted by Gasteiger charge is -2.20. The SMILES string of the molecule is C#Cc1cc(-c2cccc(C#N)c2)nc(N)n1.CC(C)(C)OC(=O)Nc1ccccc1CN=[N+]=[N-].CC(C)(C)OC(=O)Nc1ccccc1Cn1cc(-c2cc(-c3cccc(C#N)c3)nc(N)n2)nn1.N#Cc1cccc(-c2cc(-c3cn(Cc4ccccc4N)nn3)nc(N)n2)c1. The van der Waals surface area contributed by atoms with E-state index in [0.717, 1.165) is 33.4 Å². The highest BCUT2D eigenvalue weighted by molar-refractivity contribution is 5.86. The number of benzene rings is 6. The van der Waals surface area contributed by atoms with Gasteiger partial charge in [-0.25, -0.2) is 48.9 Å². The van der Waals surface area contributed by atoms with Gasteiger partial charge in [-0.05, 0) is 137 Å². The number of carbonyl (C=O) groups excluding carboxylic acids is 2. The van der Waals surface area contributed by atoms with Gasteiger partial charge in [-0.15, -0.1) is 16.6 Å². The average Bonchev–Trinajstić information content (AvgIpc) is 1.50. The molecule has 0 fully saturated rings. The molecule has 28 heteroatoms. The number of terminal acetylenes is 1. The molecule has 28 nitrogen and oxygen atoms in total. The van der Waals surface area contributed by atoms with E-state index >= 15 is 0 Å². The summed E-state index contributed by atoms with van der Waals surface area (Å²) in [5.74, 6) is 2.74. The van der Waals surface area contributed by atoms with Crippen LogP contribution in [0.3, 0.4) is 0 Å². The zero-order valence-electron chi connectivity index (χ0n) is 53.9. The summed E-state index contributed by atoms with van der Waals surface area (Å²) in [5, 5.41) is 52.8. The molecule has 5 heterocycles. The quantitative estimate of drug-likeness (QED) is 0.0205. The standard InChI is InChI=1S/C25H24N8O2.C20H16N8.C13H8N4.C12H16N4O2/c1-25(2,3)35-24(34)30-19-10-5-4-8-18(19)14-33-15-22(31-32-33)21-12-20(28-23(27)29-21)17-9-6-7-16(11-17)13-26;21-10-13-4-3-6-14(8-13)17-9-18(25-20(23)24-17)19-12-28(27-26-19)11-15-5-1-2-7-16(15)22;1-2-11-7-12(17-13(15)16-11)10-5-3-4-9(6-10)8-14;1-12(2,3)18-11(17)15-10-7-5-4-6-9(10)8-14-16-13/h4-12,15H,14H2,1-3H3,(H,30,34)(H2,27,28,29);1-9,12H,11,22H2,(H2,23,24,25);1,3-7H,(H2,15,16,17);4-7H,8H2,1-3H3,(H,15,17). The summed E-state index contributed by atoms with van der Waals surface area (Å²) in [4.78, 5) is 51.7. The van der Waals surface area contributed by atoms with Crippen LogP contribution >= 0.6 is 0 Å². The van der Waals surface area contributed by atoms with Crippen LogP contribution in [-0.2, 0) is 29.1 Å². The molecule has 11 rings (SSSR count). The lowest BCUT2D eigenvalue weighted by molar-refractivity contribution is 0.0624. The average molecular weight is 1310 g/mol. The van der Waals surface area contributed by atoms with Gasteiger partial charge in [0.1, 0.15) is 28.3 Å². The maximum absolute atomic E-state index is 12.2. The summed E-state index contributed by atoms with van der Waals surface area (Å²) in [7, 11) is 0. The minimum absolute atomic E-state index is 0.0846. The van der Waals surface area contributed by atoms with E-state index in [0.29, 0.717) is 92.4 Å². The van der Waals surface area contributed by atoms with Gasteiger partial charge in [0.05, 0.1) is 95.4 Å². The lowest BCUT2D eigenvalue weighted by Crippen LogP contribution is -2.27. The van der Waals surface area contributed by atoms with Crippen molar-refractivity contribution in [2.45, 2.75) is 72.4 Å². The van der Waals surface area contributed by atoms with Crippen molar-refractivity contribution in [1.29, 1.82) is 15.8 Å². The fraction of sp³-hybridized carbons (Fsp3) is 0.157. The molecule has 0 aliphatic heterocycles. The number of azide groups is 1. The third-order valence-electron chi connectivity index (χ3n) is 13.2. The van der Waals surface area contributed by atoms with E-state index in [9.17, 15) is 14.9 Å². The van der Waals surface area contributed by atoms with Gasteiger partial charge in [0.2, 0.25) is 17.8 Å². The largest absolute Gasteiger partial charge is 0.444 e. The third kappa shape index (κ3) is 20.7. The van der Waals surface area contributed by atoms with E-state index in [1.807, 2.05) is 66.7 Å². The summed E-state index contributed by atoms with van der Waals surface area (Å²) in [5.41, 5.74) is 43.2. The zero-order valence-corrected chi connectivity index (χ0v) is 53.9. The van der Waals surface area contributed by atoms with Crippen LogP contribution in [-0.4, -0.2) is 83.3 Å². The Morgan fingerprint density at radius 2 is 0.898 bits per heavy atom. The maximum atomic E-state index is 12.2. The highest BCUT2D eigenvalue weighted by Gasteiger charge is 2.20. The van der Waals surface area contributed by atoms with Gasteiger partial charge in [-0.2, -0.15) is 15.8 Å². The van der Waals surface area contributed by atoms with Crippen molar-refractivity contribution in [3.8, 4) is 87.1 Å². The normalized spacial score (nSPS) is 10.5. The van der Waals surface area contributed by atoms with Crippen LogP contribution in [0.4, 0.5) is 44.5 Å². The Hall–Kier alpha value is -14.1. The highest BCUT2D eigenvalue weighted by atomic mass is 16.6. The second-order valence-electron chi connectivity index (χ2n) is 23.0. The van der Waals surface area contributed by atoms with Gasteiger partial charge in [-0.3, -0.25) is 10.6 Å². The monoisotopic (exact) mass is 1300 g/mol. The van der Waals surface area contributed by atoms with Gasteiger partial charge >= 0.3 is 12.2 Å². The molecule has 0 bridgehead atoms. The number of nitrogens with two attached hydrogens (primary N) is 4. The number of hydrogen-bond acceptors (Lipinski definition) is 22. The van der Waals surface area contributed by atoms with Crippen molar-refractivity contribution in [2.24, 2.45) is 5.11 Å². The summed E-state index contributed by atoms with van der Waals surface area (Å²) in [6, 6.07) is 54.9. The number of amides is 2. The van der Waals surface area contributed by atoms with Gasteiger partial charge < -0.3 is 32.4 Å². The van der Waals surface area contributed by atoms with E-state index in [1.54, 1.807) is 160 Å². The predicted molar refractivity (Wildman–Crippen MR) is 370 cm³/mol. The molecule has 11 aromatic rings. The number of carbonyl (C=O) groups is 2. The highest BCUT2D eigenvalue weighted by Crippen LogP contribution is 2.28. The first-order valence-corrected chi connectivity index (χ1v) is 29.7. The number of anilines is 6. The summed E-state index contributed by atoms with van der Waals surface area (Å²) in [6.45, 7) is 11.8. The van der Waals surface area contributed by atoms with Gasteiger partial charge in [0, 0.05) is 38.7 Å². The maximum Gasteiger partial charge on any atom is 0.412 e. The van der Waals surface area contributed by atoms with Crippen molar-refractivity contribution in [1.82, 2.24) is 59.9 Å². The Bertz CT molecular complexity index is 4900. The van der Waals surface area contributed by atoms with Crippen LogP contribution in [0.15, 0.2) is 181 Å². The Kier molecular flexibility index (Phi) is 23.1. The molecule has 6 aromatic carbocycles. The number of nitriles is 3. The van der Waals surface area contributed by atoms with Crippen molar-refractivity contribution in [3.05, 3.63) is 226 Å². The van der Waals surface area contributed by atoms with Gasteiger partial charge in [0.15, 0.2) is 0 Å². The molecule has 0 saturated heterocycles. The Balaban J connectivity index is 0.000000174. The molecule has 0 radical (unpaired) electrons. The fourth-order valence-corrected chi connectivity index (χ4v) is 8.93. The van der Waals surface area contributed by atoms with Gasteiger partial charge in [0.25, 0.3) is 0 Å². The first-order valence-electron chi connectivity index (χ1n) is 29.7. The number of hydrogen-bond donors (Lipinski definition) is 6. The Morgan fingerprint density at radius 3 is 1.33 bits per heavy atom. The minimum atomic E-state index is -0.603. The Morgan fingerprint density at radius 1 is 0.510 bits per heavy atom. The molecule has 98 heavy (non-hydrogen) atoms. The Labute approximate surface area is 563 Å². The van der Waals surface area contributed by atoms with Gasteiger partial charge in [-0.1, -0.05) is 112 Å². The molecule has 488 valence electrons. The second-order valence-corrected chi connectivity index (χ2v) is 23.0. The molecule has 0 aliphatic carbocycles. The first kappa shape index (κ1) is 69.8. The summed E-state index contributed by atoms with van der Waals surface area (Å²) in [6.07, 6.45) is 7.73. The molecular formula is C70H64N24O4. The molecular weight excluding hydrogens is 1240 g/mol. The van der Waals surface area contributed by atoms with Crippen LogP contribution in [0.2, 0.25) is 0 Å². The van der Waals surface area contributed by atoms with E-state index in [2.05, 4.69) is 95.3 Å². The molecule has 0 saturated carbocycles. The number of para-hydroxylation sites is 3. The predicted octanol–water partition coefficient (Wildman–Crippen LogP) is 12.2. The third-order valence-corrected chi connectivity index (χ3v) is 13.2. The number of nitrogens with zero attached hydrogens (tertiary/aromatic N) is 18. The molecule has 0 atom stereocenters. The van der Waals surface area contributed by atoms with E-state index in [1.165, 1.54) is 0 Å². The second kappa shape index (κ2) is 32.5. The molecule has 0 aliphatic rings. The van der Waals surface area contributed by atoms with E-state index < -0.39 is 23.4 Å². The van der Waals surface area contributed by atoms with Crippen LogP contribution in [0.25, 0.3) is 67.0 Å². The summed E-state index contributed by atoms with van der Waals surface area (Å²) >= 11 is 0. The number of nitrogens with one attached hydrogen (secondary N) is 2. The van der Waals surface area contributed by atoms with Crippen molar-refractivity contribution in [3.63, 3.8) is 0 Å². The fourth-order valence-electron chi connectivity index (χ4n) is 8.93. The van der Waals surface area contributed by atoms with Crippen molar-refractivity contribution in [2.75, 3.05) is 33.6 Å². The molecule has 10 N–H and O–H groups in total. The van der Waals surface area contributed by atoms with E-state index in [4.69, 9.17) is 54.9 Å². The van der Waals surface area contributed by atoms with Crippen LogP contribution < -0.4 is 33.6 Å². The number of aromatic nitrogens is 12. The number of nitrogen functional groups attached to an aromatic ring is 4. The van der Waals surface area contributed by atoms with E-state index in [-0.39, 0.29) is 24.4 Å². The van der Waals surface area contributed by atoms with Crippen molar-refractivity contribution >= 4 is 47.1 Å². The summed E-state index contributed by atoms with van der Waals surface area (Å²) < 4.78 is 13.8. The smallest absolute Gasteiger partial charge is 0.412 e. The lowest BCUT2D eigenvalue weighted by atomic mass is 10.1. The first-order chi connectivity index (χ1) is 47.0. The topological polar surface area (TPSA) is 440 Å². The minimum Gasteiger partial charge on any atom is -0.444 e. The van der Waals surface area contributed by atoms with Crippen LogP contribution in [0, 0.1) is 46.3 Å². The van der Waals surface area contributed by atoms with Crippen LogP contribution in [0.1, 0.15) is 80.6 Å².